The van der Waals surface area contributed by atoms with Crippen LogP contribution in [0.2, 0.25) is 0 Å². The summed E-state index contributed by atoms with van der Waals surface area (Å²) in [4.78, 5) is 29.1. The number of aliphatic carboxylic acids is 1. The standard InChI is InChI=1S/C31H23F2N3O4/c1-18-9-12-20(13-10-18)30-35-28(36-40-30)24-14-11-19(15-26(24)33)16-27(31(38)39)34-29(37)22-6-4-5-21(17-22)23-7-2-3-8-25(23)32/h2-15,17,27H,16H2,1H3,(H,34,37)(H,38,39). The molecule has 0 bridgehead atoms. The summed E-state index contributed by atoms with van der Waals surface area (Å²) in [6, 6.07) is 22.6. The fourth-order valence-electron chi connectivity index (χ4n) is 4.21. The Hall–Kier alpha value is -5.18. The van der Waals surface area contributed by atoms with E-state index in [1.165, 1.54) is 30.3 Å². The van der Waals surface area contributed by atoms with Gasteiger partial charge in [0.05, 0.1) is 5.56 Å². The third kappa shape index (κ3) is 5.78. The summed E-state index contributed by atoms with van der Waals surface area (Å²) in [5, 5.41) is 16.1. The van der Waals surface area contributed by atoms with Crippen LogP contribution in [0.5, 0.6) is 0 Å². The molecule has 1 amide bonds. The number of hydrogen-bond acceptors (Lipinski definition) is 5. The molecule has 0 fully saturated rings. The number of carbonyl (C=O) groups excluding carboxylic acids is 1. The predicted molar refractivity (Wildman–Crippen MR) is 144 cm³/mol. The van der Waals surface area contributed by atoms with Crippen molar-refractivity contribution in [3.8, 4) is 34.0 Å². The summed E-state index contributed by atoms with van der Waals surface area (Å²) in [6.45, 7) is 1.95. The third-order valence-corrected chi connectivity index (χ3v) is 6.35. The molecule has 200 valence electrons. The van der Waals surface area contributed by atoms with Gasteiger partial charge in [0.25, 0.3) is 11.8 Å². The van der Waals surface area contributed by atoms with Crippen LogP contribution >= 0.6 is 0 Å². The molecule has 9 heteroatoms. The lowest BCUT2D eigenvalue weighted by atomic mass is 10.0. The van der Waals surface area contributed by atoms with Gasteiger partial charge in [0, 0.05) is 23.1 Å². The van der Waals surface area contributed by atoms with Crippen molar-refractivity contribution in [2.75, 3.05) is 0 Å². The minimum absolute atomic E-state index is 0.0532. The average molecular weight is 540 g/mol. The Kier molecular flexibility index (Phi) is 7.46. The molecule has 1 aromatic heterocycles. The van der Waals surface area contributed by atoms with Crippen molar-refractivity contribution < 1.29 is 28.0 Å². The molecule has 5 aromatic rings. The molecule has 0 aliphatic rings. The summed E-state index contributed by atoms with van der Waals surface area (Å²) in [5.74, 6) is -2.76. The van der Waals surface area contributed by atoms with E-state index in [-0.39, 0.29) is 29.3 Å². The zero-order chi connectivity index (χ0) is 28.2. The Balaban J connectivity index is 1.31. The summed E-state index contributed by atoms with van der Waals surface area (Å²) < 4.78 is 34.5. The Morgan fingerprint density at radius 1 is 0.875 bits per heavy atom. The van der Waals surface area contributed by atoms with Crippen LogP contribution in [0, 0.1) is 18.6 Å². The fourth-order valence-corrected chi connectivity index (χ4v) is 4.21. The van der Waals surface area contributed by atoms with E-state index in [1.807, 2.05) is 31.2 Å². The summed E-state index contributed by atoms with van der Waals surface area (Å²) in [5.41, 5.74) is 3.15. The van der Waals surface area contributed by atoms with Crippen LogP contribution < -0.4 is 5.32 Å². The Bertz CT molecular complexity index is 1700. The van der Waals surface area contributed by atoms with E-state index in [0.29, 0.717) is 22.3 Å². The van der Waals surface area contributed by atoms with Gasteiger partial charge in [-0.15, -0.1) is 0 Å². The maximum atomic E-state index is 15.0. The first-order valence-electron chi connectivity index (χ1n) is 12.4. The highest BCUT2D eigenvalue weighted by molar-refractivity contribution is 5.97. The summed E-state index contributed by atoms with van der Waals surface area (Å²) in [6.07, 6.45) is -0.174. The lowest BCUT2D eigenvalue weighted by Gasteiger charge is -2.15. The van der Waals surface area contributed by atoms with E-state index in [0.717, 1.165) is 5.56 Å². The lowest BCUT2D eigenvalue weighted by Crippen LogP contribution is -2.42. The van der Waals surface area contributed by atoms with Gasteiger partial charge < -0.3 is 14.9 Å². The highest BCUT2D eigenvalue weighted by Gasteiger charge is 2.23. The van der Waals surface area contributed by atoms with E-state index in [1.54, 1.807) is 36.4 Å². The zero-order valence-corrected chi connectivity index (χ0v) is 21.3. The predicted octanol–water partition coefficient (Wildman–Crippen LogP) is 6.08. The number of nitrogens with zero attached hydrogens (tertiary/aromatic N) is 2. The van der Waals surface area contributed by atoms with Crippen LogP contribution in [0.4, 0.5) is 8.78 Å². The van der Waals surface area contributed by atoms with Crippen molar-refractivity contribution in [1.82, 2.24) is 15.5 Å². The van der Waals surface area contributed by atoms with Crippen LogP contribution in [0.25, 0.3) is 34.0 Å². The van der Waals surface area contributed by atoms with Gasteiger partial charge in [0.1, 0.15) is 17.7 Å². The van der Waals surface area contributed by atoms with Crippen molar-refractivity contribution >= 4 is 11.9 Å². The van der Waals surface area contributed by atoms with Crippen molar-refractivity contribution in [2.24, 2.45) is 0 Å². The van der Waals surface area contributed by atoms with Gasteiger partial charge in [-0.3, -0.25) is 4.79 Å². The molecule has 1 heterocycles. The van der Waals surface area contributed by atoms with Crippen LogP contribution in [0.1, 0.15) is 21.5 Å². The Morgan fingerprint density at radius 3 is 2.38 bits per heavy atom. The van der Waals surface area contributed by atoms with Gasteiger partial charge in [-0.05, 0) is 60.5 Å². The number of carbonyl (C=O) groups is 2. The topological polar surface area (TPSA) is 105 Å². The second-order valence-electron chi connectivity index (χ2n) is 9.23. The largest absolute Gasteiger partial charge is 0.480 e. The van der Waals surface area contributed by atoms with E-state index in [9.17, 15) is 19.1 Å². The number of aryl methyl sites for hydroxylation is 1. The summed E-state index contributed by atoms with van der Waals surface area (Å²) >= 11 is 0. The quantitative estimate of drug-likeness (QED) is 0.248. The van der Waals surface area contributed by atoms with Crippen LogP contribution in [0.15, 0.2) is 95.5 Å². The number of carboxylic acid groups (broad SMARTS) is 1. The number of benzene rings is 4. The van der Waals surface area contributed by atoms with Gasteiger partial charge in [0.15, 0.2) is 0 Å². The fraction of sp³-hybridized carbons (Fsp3) is 0.0968. The molecule has 0 aliphatic carbocycles. The van der Waals surface area contributed by atoms with E-state index >= 15 is 4.39 Å². The minimum Gasteiger partial charge on any atom is -0.480 e. The molecule has 0 spiro atoms. The van der Waals surface area contributed by atoms with E-state index < -0.39 is 29.6 Å². The first-order valence-corrected chi connectivity index (χ1v) is 12.4. The van der Waals surface area contributed by atoms with Crippen LogP contribution in [0.3, 0.4) is 0 Å². The number of carboxylic acids is 1. The average Bonchev–Trinajstić information content (AvgIpc) is 3.43. The van der Waals surface area contributed by atoms with Gasteiger partial charge in [-0.2, -0.15) is 4.98 Å². The first kappa shape index (κ1) is 26.4. The van der Waals surface area contributed by atoms with Crippen molar-refractivity contribution in [1.29, 1.82) is 0 Å². The number of amides is 1. The molecule has 4 aromatic carbocycles. The molecule has 7 nitrogen and oxygen atoms in total. The van der Waals surface area contributed by atoms with Crippen LogP contribution in [-0.2, 0) is 11.2 Å². The third-order valence-electron chi connectivity index (χ3n) is 6.35. The molecule has 40 heavy (non-hydrogen) atoms. The minimum atomic E-state index is -1.34. The molecule has 0 saturated carbocycles. The Morgan fingerprint density at radius 2 is 1.65 bits per heavy atom. The number of nitrogens with one attached hydrogen (secondary N) is 1. The molecule has 1 atom stereocenters. The maximum Gasteiger partial charge on any atom is 0.326 e. The Labute approximate surface area is 228 Å². The smallest absolute Gasteiger partial charge is 0.326 e. The number of hydrogen-bond donors (Lipinski definition) is 2. The van der Waals surface area contributed by atoms with Gasteiger partial charge in [0.2, 0.25) is 5.82 Å². The molecule has 5 rings (SSSR count). The van der Waals surface area contributed by atoms with Crippen molar-refractivity contribution in [2.45, 2.75) is 19.4 Å². The molecular formula is C31H23F2N3O4. The lowest BCUT2D eigenvalue weighted by molar-refractivity contribution is -0.139. The van der Waals surface area contributed by atoms with Gasteiger partial charge in [-0.25, -0.2) is 13.6 Å². The number of halogens is 2. The van der Waals surface area contributed by atoms with Crippen molar-refractivity contribution in [3.63, 3.8) is 0 Å². The summed E-state index contributed by atoms with van der Waals surface area (Å²) in [7, 11) is 0. The van der Waals surface area contributed by atoms with Crippen molar-refractivity contribution in [3.05, 3.63) is 119 Å². The number of rotatable bonds is 8. The molecule has 0 saturated heterocycles. The second-order valence-corrected chi connectivity index (χ2v) is 9.23. The van der Waals surface area contributed by atoms with E-state index in [4.69, 9.17) is 4.52 Å². The molecule has 0 radical (unpaired) electrons. The SMILES string of the molecule is Cc1ccc(-c2nc(-c3ccc(CC(NC(=O)c4cccc(-c5ccccc5F)c4)C(=O)O)cc3F)no2)cc1. The van der Waals surface area contributed by atoms with Gasteiger partial charge in [-0.1, -0.05) is 59.3 Å². The molecule has 2 N–H and O–H groups in total. The monoisotopic (exact) mass is 539 g/mol. The first-order chi connectivity index (χ1) is 19.3. The molecular weight excluding hydrogens is 516 g/mol. The molecule has 1 unspecified atom stereocenters. The highest BCUT2D eigenvalue weighted by Crippen LogP contribution is 2.26. The zero-order valence-electron chi connectivity index (χ0n) is 21.3. The van der Waals surface area contributed by atoms with Gasteiger partial charge >= 0.3 is 5.97 Å². The highest BCUT2D eigenvalue weighted by atomic mass is 19.1. The molecule has 0 aliphatic heterocycles. The normalized spacial score (nSPS) is 11.7. The second kappa shape index (κ2) is 11.3. The number of aromatic nitrogens is 2. The van der Waals surface area contributed by atoms with E-state index in [2.05, 4.69) is 15.5 Å². The maximum absolute atomic E-state index is 15.0. The van der Waals surface area contributed by atoms with Crippen LogP contribution in [-0.4, -0.2) is 33.2 Å².